The van der Waals surface area contributed by atoms with Gasteiger partial charge in [0.25, 0.3) is 0 Å². The summed E-state index contributed by atoms with van der Waals surface area (Å²) < 4.78 is 0. The maximum atomic E-state index is 4.08. The predicted molar refractivity (Wildman–Crippen MR) is 35.0 cm³/mol. The Bertz CT molecular complexity index is 179. The molecule has 1 rings (SSSR count). The summed E-state index contributed by atoms with van der Waals surface area (Å²) in [6, 6.07) is 0. The molecule has 1 heterocycles. The maximum Gasteiger partial charge on any atom is 0.112 e. The monoisotopic (exact) mass is 121 g/mol. The van der Waals surface area contributed by atoms with Crippen LogP contribution in [0.15, 0.2) is 6.20 Å². The zero-order valence-corrected chi connectivity index (χ0v) is 5.68. The van der Waals surface area contributed by atoms with Gasteiger partial charge in [-0.1, -0.05) is 6.92 Å². The van der Waals surface area contributed by atoms with Crippen LogP contribution in [0.2, 0.25) is 0 Å². The van der Waals surface area contributed by atoms with Gasteiger partial charge in [0.15, 0.2) is 0 Å². The maximum absolute atomic E-state index is 4.08. The van der Waals surface area contributed by atoms with Crippen LogP contribution in [-0.4, -0.2) is 9.97 Å². The van der Waals surface area contributed by atoms with Crippen molar-refractivity contribution in [3.63, 3.8) is 0 Å². The summed E-state index contributed by atoms with van der Waals surface area (Å²) >= 11 is 0. The van der Waals surface area contributed by atoms with Gasteiger partial charge in [0.2, 0.25) is 0 Å². The average molecular weight is 121 g/mol. The van der Waals surface area contributed by atoms with E-state index in [2.05, 4.69) is 16.2 Å². The van der Waals surface area contributed by atoms with Gasteiger partial charge in [-0.3, -0.25) is 4.98 Å². The van der Waals surface area contributed by atoms with Gasteiger partial charge < -0.3 is 0 Å². The molecule has 0 fully saturated rings. The Hall–Kier alpha value is -0.920. The lowest BCUT2D eigenvalue weighted by atomic mass is 10.3. The highest BCUT2D eigenvalue weighted by molar-refractivity contribution is 4.98. The fourth-order valence-corrected chi connectivity index (χ4v) is 0.552. The van der Waals surface area contributed by atoms with Crippen LogP contribution < -0.4 is 0 Å². The topological polar surface area (TPSA) is 25.8 Å². The van der Waals surface area contributed by atoms with Crippen LogP contribution in [0, 0.1) is 13.1 Å². The van der Waals surface area contributed by atoms with Gasteiger partial charge >= 0.3 is 0 Å². The van der Waals surface area contributed by atoms with Gasteiger partial charge in [-0.15, -0.1) is 0 Å². The Morgan fingerprint density at radius 2 is 2.44 bits per heavy atom. The standard InChI is InChI=1S/C7H9N2/c1-3-7-5-8-6(2)4-9-7/h4H,3H2,1-2H3. The van der Waals surface area contributed by atoms with Crippen LogP contribution in [0.3, 0.4) is 0 Å². The number of aromatic nitrogens is 2. The first-order chi connectivity index (χ1) is 4.33. The third-order valence-corrected chi connectivity index (χ3v) is 1.10. The minimum atomic E-state index is 0.910. The molecule has 47 valence electrons. The van der Waals surface area contributed by atoms with Crippen LogP contribution in [0.4, 0.5) is 0 Å². The lowest BCUT2D eigenvalue weighted by Crippen LogP contribution is -1.89. The van der Waals surface area contributed by atoms with E-state index in [1.54, 1.807) is 6.20 Å². The summed E-state index contributed by atoms with van der Waals surface area (Å²) in [6.07, 6.45) is 5.49. The molecule has 0 saturated carbocycles. The summed E-state index contributed by atoms with van der Waals surface area (Å²) in [5.74, 6) is 0. The van der Waals surface area contributed by atoms with Crippen molar-refractivity contribution in [2.45, 2.75) is 20.3 Å². The van der Waals surface area contributed by atoms with Crippen molar-refractivity contribution in [3.05, 3.63) is 23.8 Å². The first-order valence-corrected chi connectivity index (χ1v) is 3.03. The van der Waals surface area contributed by atoms with Crippen LogP contribution in [-0.2, 0) is 6.42 Å². The van der Waals surface area contributed by atoms with Crippen molar-refractivity contribution in [1.82, 2.24) is 9.97 Å². The van der Waals surface area contributed by atoms with E-state index in [0.29, 0.717) is 0 Å². The molecule has 0 spiro atoms. The van der Waals surface area contributed by atoms with Gasteiger partial charge in [-0.2, -0.15) is 0 Å². The van der Waals surface area contributed by atoms with Crippen molar-refractivity contribution in [2.24, 2.45) is 0 Å². The van der Waals surface area contributed by atoms with Gasteiger partial charge in [-0.05, 0) is 13.3 Å². The first kappa shape index (κ1) is 6.20. The summed E-state index contributed by atoms with van der Waals surface area (Å²) in [7, 11) is 0. The highest BCUT2D eigenvalue weighted by Crippen LogP contribution is 1.91. The third kappa shape index (κ3) is 1.49. The number of nitrogens with zero attached hydrogens (tertiary/aromatic N) is 2. The van der Waals surface area contributed by atoms with Gasteiger partial charge in [0.1, 0.15) is 6.20 Å². The number of hydrogen-bond acceptors (Lipinski definition) is 2. The molecule has 0 aliphatic heterocycles. The highest BCUT2D eigenvalue weighted by Gasteiger charge is 1.88. The third-order valence-electron chi connectivity index (χ3n) is 1.10. The smallest absolute Gasteiger partial charge is 0.112 e. The van der Waals surface area contributed by atoms with Crippen molar-refractivity contribution >= 4 is 0 Å². The summed E-state index contributed by atoms with van der Waals surface area (Å²) in [5, 5.41) is 0. The fourth-order valence-electron chi connectivity index (χ4n) is 0.552. The van der Waals surface area contributed by atoms with Crippen LogP contribution in [0.1, 0.15) is 18.3 Å². The molecule has 2 heteroatoms. The molecular formula is C7H9N2. The fraction of sp³-hybridized carbons (Fsp3) is 0.429. The zero-order chi connectivity index (χ0) is 6.69. The van der Waals surface area contributed by atoms with E-state index in [0.717, 1.165) is 17.8 Å². The molecular weight excluding hydrogens is 112 g/mol. The average Bonchev–Trinajstić information content (AvgIpc) is 1.90. The second-order valence-electron chi connectivity index (χ2n) is 1.92. The largest absolute Gasteiger partial charge is 0.257 e. The molecule has 0 unspecified atom stereocenters. The highest BCUT2D eigenvalue weighted by atomic mass is 14.8. The van der Waals surface area contributed by atoms with Crippen molar-refractivity contribution < 1.29 is 0 Å². The predicted octanol–water partition coefficient (Wildman–Crippen LogP) is 1.15. The summed E-state index contributed by atoms with van der Waals surface area (Å²) in [5.41, 5.74) is 1.85. The van der Waals surface area contributed by atoms with E-state index < -0.39 is 0 Å². The minimum Gasteiger partial charge on any atom is -0.257 e. The van der Waals surface area contributed by atoms with E-state index in [-0.39, 0.29) is 0 Å². The van der Waals surface area contributed by atoms with E-state index in [4.69, 9.17) is 0 Å². The lowest BCUT2D eigenvalue weighted by molar-refractivity contribution is 0.969. The molecule has 9 heavy (non-hydrogen) atoms. The molecule has 0 bridgehead atoms. The first-order valence-electron chi connectivity index (χ1n) is 3.03. The molecule has 1 radical (unpaired) electrons. The molecule has 0 aliphatic rings. The van der Waals surface area contributed by atoms with Crippen LogP contribution >= 0.6 is 0 Å². The quantitative estimate of drug-likeness (QED) is 0.557. The summed E-state index contributed by atoms with van der Waals surface area (Å²) in [4.78, 5) is 8.04. The van der Waals surface area contributed by atoms with E-state index in [9.17, 15) is 0 Å². The second-order valence-corrected chi connectivity index (χ2v) is 1.92. The molecule has 0 amide bonds. The van der Waals surface area contributed by atoms with Gasteiger partial charge in [0, 0.05) is 6.20 Å². The zero-order valence-electron chi connectivity index (χ0n) is 5.68. The Morgan fingerprint density at radius 1 is 1.67 bits per heavy atom. The van der Waals surface area contributed by atoms with E-state index in [1.807, 2.05) is 13.8 Å². The number of hydrogen-bond donors (Lipinski definition) is 0. The van der Waals surface area contributed by atoms with E-state index in [1.165, 1.54) is 0 Å². The Kier molecular flexibility index (Phi) is 1.78. The minimum absolute atomic E-state index is 0.910. The number of rotatable bonds is 1. The Labute approximate surface area is 55.0 Å². The van der Waals surface area contributed by atoms with Crippen molar-refractivity contribution in [2.75, 3.05) is 0 Å². The van der Waals surface area contributed by atoms with Crippen LogP contribution in [0.5, 0.6) is 0 Å². The molecule has 0 atom stereocenters. The molecule has 0 aromatic carbocycles. The molecule has 0 aliphatic carbocycles. The molecule has 1 aromatic rings. The lowest BCUT2D eigenvalue weighted by Gasteiger charge is -1.91. The summed E-state index contributed by atoms with van der Waals surface area (Å²) in [6.45, 7) is 3.94. The Balaban J connectivity index is 2.88. The van der Waals surface area contributed by atoms with E-state index >= 15 is 0 Å². The molecule has 0 saturated heterocycles. The normalized spacial score (nSPS) is 9.56. The molecule has 1 aromatic heterocycles. The second kappa shape index (κ2) is 2.58. The van der Waals surface area contributed by atoms with Crippen LogP contribution in [0.25, 0.3) is 0 Å². The van der Waals surface area contributed by atoms with Gasteiger partial charge in [-0.25, -0.2) is 4.98 Å². The Morgan fingerprint density at radius 3 is 2.89 bits per heavy atom. The SMILES string of the molecule is CCc1[c]nc(C)cn1. The molecule has 2 nitrogen and oxygen atoms in total. The molecule has 0 N–H and O–H groups in total. The number of aryl methyl sites for hydroxylation is 2. The van der Waals surface area contributed by atoms with Crippen molar-refractivity contribution in [3.8, 4) is 0 Å². The van der Waals surface area contributed by atoms with Crippen molar-refractivity contribution in [1.29, 1.82) is 0 Å². The van der Waals surface area contributed by atoms with Gasteiger partial charge in [0.05, 0.1) is 11.4 Å².